The normalized spacial score (nSPS) is 20.7. The van der Waals surface area contributed by atoms with E-state index in [9.17, 15) is 9.18 Å². The smallest absolute Gasteiger partial charge is 0.227 e. The predicted molar refractivity (Wildman–Crippen MR) is 120 cm³/mol. The van der Waals surface area contributed by atoms with E-state index in [4.69, 9.17) is 5.26 Å². The van der Waals surface area contributed by atoms with E-state index in [2.05, 4.69) is 46.4 Å². The lowest BCUT2D eigenvalue weighted by Crippen LogP contribution is -2.43. The van der Waals surface area contributed by atoms with Crippen molar-refractivity contribution in [3.63, 3.8) is 0 Å². The van der Waals surface area contributed by atoms with Gasteiger partial charge in [-0.1, -0.05) is 33.3 Å². The fraction of sp³-hybridized carbons (Fsp3) is 0.680. The zero-order valence-corrected chi connectivity index (χ0v) is 19.5. The van der Waals surface area contributed by atoms with Crippen LogP contribution in [0, 0.1) is 29.0 Å². The first-order valence-corrected chi connectivity index (χ1v) is 11.4. The molecule has 1 fully saturated rings. The number of nitrogens with zero attached hydrogens (tertiary/aromatic N) is 3. The lowest BCUT2D eigenvalue weighted by molar-refractivity contribution is -0.135. The van der Waals surface area contributed by atoms with Gasteiger partial charge in [-0.25, -0.2) is 4.39 Å². The van der Waals surface area contributed by atoms with Gasteiger partial charge in [-0.3, -0.25) is 9.69 Å². The van der Waals surface area contributed by atoms with Crippen LogP contribution >= 0.6 is 0 Å². The summed E-state index contributed by atoms with van der Waals surface area (Å²) in [6, 6.07) is 6.65. The minimum Gasteiger partial charge on any atom is -0.342 e. The summed E-state index contributed by atoms with van der Waals surface area (Å²) in [5.74, 6) is -0.129. The first kappa shape index (κ1) is 24.3. The molecule has 166 valence electrons. The Morgan fingerprint density at radius 1 is 1.30 bits per heavy atom. The van der Waals surface area contributed by atoms with E-state index in [0.29, 0.717) is 30.1 Å². The summed E-state index contributed by atoms with van der Waals surface area (Å²) in [7, 11) is 0. The van der Waals surface area contributed by atoms with Gasteiger partial charge in [0.25, 0.3) is 0 Å². The minimum atomic E-state index is -0.380. The zero-order valence-electron chi connectivity index (χ0n) is 19.5. The van der Waals surface area contributed by atoms with Crippen LogP contribution in [-0.4, -0.2) is 47.4 Å². The second-order valence-electron chi connectivity index (χ2n) is 9.76. The first-order chi connectivity index (χ1) is 14.1. The number of halogens is 1. The van der Waals surface area contributed by atoms with Crippen molar-refractivity contribution in [2.75, 3.05) is 26.2 Å². The number of carbonyl (C=O) groups excluding carboxylic acids is 1. The zero-order chi connectivity index (χ0) is 22.5. The van der Waals surface area contributed by atoms with Crippen LogP contribution in [0.5, 0.6) is 0 Å². The third-order valence-electron chi connectivity index (χ3n) is 6.51. The molecule has 1 heterocycles. The molecule has 1 aromatic rings. The summed E-state index contributed by atoms with van der Waals surface area (Å²) in [6.07, 6.45) is 3.01. The molecule has 0 aliphatic carbocycles. The molecule has 2 rings (SSSR count). The Kier molecular flexibility index (Phi) is 8.43. The molecule has 4 nitrogen and oxygen atoms in total. The number of hydrogen-bond donors (Lipinski definition) is 0. The molecule has 0 bridgehead atoms. The van der Waals surface area contributed by atoms with E-state index in [1.54, 1.807) is 12.1 Å². The Balaban J connectivity index is 2.34. The fourth-order valence-corrected chi connectivity index (χ4v) is 4.23. The summed E-state index contributed by atoms with van der Waals surface area (Å²) < 4.78 is 14.9. The maximum absolute atomic E-state index is 14.9. The maximum atomic E-state index is 14.9. The van der Waals surface area contributed by atoms with Crippen molar-refractivity contribution in [2.45, 2.75) is 72.3 Å². The molecule has 0 radical (unpaired) electrons. The largest absolute Gasteiger partial charge is 0.342 e. The van der Waals surface area contributed by atoms with Crippen LogP contribution in [0.2, 0.25) is 0 Å². The van der Waals surface area contributed by atoms with Crippen molar-refractivity contribution in [3.8, 4) is 6.07 Å². The van der Waals surface area contributed by atoms with E-state index in [1.807, 2.05) is 11.0 Å². The lowest BCUT2D eigenvalue weighted by atomic mass is 9.87. The van der Waals surface area contributed by atoms with Gasteiger partial charge in [-0.05, 0) is 57.2 Å². The van der Waals surface area contributed by atoms with E-state index in [1.165, 1.54) is 6.07 Å². The quantitative estimate of drug-likeness (QED) is 0.587. The molecule has 1 aliphatic rings. The fourth-order valence-electron chi connectivity index (χ4n) is 4.23. The average molecular weight is 416 g/mol. The van der Waals surface area contributed by atoms with Crippen LogP contribution in [0.15, 0.2) is 18.2 Å². The van der Waals surface area contributed by atoms with Gasteiger partial charge in [0.05, 0.1) is 17.6 Å². The summed E-state index contributed by atoms with van der Waals surface area (Å²) in [4.78, 5) is 17.9. The molecule has 0 N–H and O–H groups in total. The standard InChI is InChI=1S/C25H38FN3O/c1-7-12-28(13-11-18(3)8-2)24(30)22-17-29(25(4,5)6)16-21(22)20-10-9-19(15-27)14-23(20)26/h9-10,14,18,21-22H,7-8,11-13,16-17H2,1-6H3. The molecular formula is C25H38FN3O. The van der Waals surface area contributed by atoms with Crippen LogP contribution in [0.4, 0.5) is 4.39 Å². The number of nitriles is 1. The summed E-state index contributed by atoms with van der Waals surface area (Å²) in [5, 5.41) is 9.08. The topological polar surface area (TPSA) is 47.3 Å². The number of carbonyl (C=O) groups is 1. The molecule has 0 spiro atoms. The molecule has 5 heteroatoms. The Hall–Kier alpha value is -1.93. The van der Waals surface area contributed by atoms with Crippen LogP contribution in [-0.2, 0) is 4.79 Å². The predicted octanol–water partition coefficient (Wildman–Crippen LogP) is 5.19. The average Bonchev–Trinajstić information content (AvgIpc) is 3.15. The molecule has 3 atom stereocenters. The van der Waals surface area contributed by atoms with Gasteiger partial charge < -0.3 is 4.90 Å². The highest BCUT2D eigenvalue weighted by molar-refractivity contribution is 5.80. The van der Waals surface area contributed by atoms with Crippen molar-refractivity contribution >= 4 is 5.91 Å². The lowest BCUT2D eigenvalue weighted by Gasteiger charge is -2.32. The molecule has 1 aliphatic heterocycles. The van der Waals surface area contributed by atoms with Gasteiger partial charge in [-0.15, -0.1) is 0 Å². The van der Waals surface area contributed by atoms with E-state index >= 15 is 0 Å². The summed E-state index contributed by atoms with van der Waals surface area (Å²) in [5.41, 5.74) is 0.770. The Labute approximate surface area is 182 Å². The first-order valence-electron chi connectivity index (χ1n) is 11.4. The SMILES string of the molecule is CCCN(CCC(C)CC)C(=O)C1CN(C(C)(C)C)CC1c1ccc(C#N)cc1F. The van der Waals surface area contributed by atoms with Crippen molar-refractivity contribution in [3.05, 3.63) is 35.1 Å². The highest BCUT2D eigenvalue weighted by atomic mass is 19.1. The van der Waals surface area contributed by atoms with Crippen LogP contribution < -0.4 is 0 Å². The highest BCUT2D eigenvalue weighted by Gasteiger charge is 2.44. The van der Waals surface area contributed by atoms with Gasteiger partial charge in [0.2, 0.25) is 5.91 Å². The molecule has 0 saturated carbocycles. The Bertz CT molecular complexity index is 765. The molecule has 3 unspecified atom stereocenters. The molecule has 1 aromatic carbocycles. The van der Waals surface area contributed by atoms with E-state index in [-0.39, 0.29) is 29.1 Å². The van der Waals surface area contributed by atoms with Gasteiger partial charge in [0.1, 0.15) is 5.82 Å². The molecule has 0 aromatic heterocycles. The van der Waals surface area contributed by atoms with Crippen molar-refractivity contribution in [1.29, 1.82) is 5.26 Å². The van der Waals surface area contributed by atoms with Gasteiger partial charge in [0, 0.05) is 37.6 Å². The maximum Gasteiger partial charge on any atom is 0.227 e. The number of likely N-dealkylation sites (tertiary alicyclic amines) is 1. The summed E-state index contributed by atoms with van der Waals surface area (Å²) >= 11 is 0. The third-order valence-corrected chi connectivity index (χ3v) is 6.51. The Morgan fingerprint density at radius 2 is 2.00 bits per heavy atom. The van der Waals surface area contributed by atoms with E-state index in [0.717, 1.165) is 32.4 Å². The van der Waals surface area contributed by atoms with Crippen LogP contribution in [0.25, 0.3) is 0 Å². The minimum absolute atomic E-state index is 0.0946. The van der Waals surface area contributed by atoms with Crippen molar-refractivity contribution in [2.24, 2.45) is 11.8 Å². The van der Waals surface area contributed by atoms with Gasteiger partial charge in [0.15, 0.2) is 0 Å². The Morgan fingerprint density at radius 3 is 2.53 bits per heavy atom. The molecular weight excluding hydrogens is 377 g/mol. The van der Waals surface area contributed by atoms with Gasteiger partial charge in [-0.2, -0.15) is 5.26 Å². The monoisotopic (exact) mass is 415 g/mol. The number of benzene rings is 1. The second kappa shape index (κ2) is 10.4. The van der Waals surface area contributed by atoms with Crippen molar-refractivity contribution < 1.29 is 9.18 Å². The van der Waals surface area contributed by atoms with E-state index < -0.39 is 0 Å². The number of amides is 1. The van der Waals surface area contributed by atoms with Crippen LogP contribution in [0.1, 0.15) is 77.8 Å². The molecule has 1 amide bonds. The highest BCUT2D eigenvalue weighted by Crippen LogP contribution is 2.38. The third kappa shape index (κ3) is 5.82. The summed E-state index contributed by atoms with van der Waals surface area (Å²) in [6.45, 7) is 15.7. The molecule has 30 heavy (non-hydrogen) atoms. The number of hydrogen-bond acceptors (Lipinski definition) is 3. The van der Waals surface area contributed by atoms with Crippen molar-refractivity contribution in [1.82, 2.24) is 9.80 Å². The van der Waals surface area contributed by atoms with Gasteiger partial charge >= 0.3 is 0 Å². The second-order valence-corrected chi connectivity index (χ2v) is 9.76. The van der Waals surface area contributed by atoms with Crippen LogP contribution in [0.3, 0.4) is 0 Å². The number of rotatable bonds is 8. The molecule has 1 saturated heterocycles.